The Balaban J connectivity index is 3.63. The summed E-state index contributed by atoms with van der Waals surface area (Å²) in [5, 5.41) is 5.85. The average molecular weight is 128 g/mol. The van der Waals surface area contributed by atoms with Gasteiger partial charge in [-0.2, -0.15) is 5.10 Å². The molecule has 0 aromatic rings. The van der Waals surface area contributed by atoms with E-state index in [1.54, 1.807) is 0 Å². The van der Waals surface area contributed by atoms with E-state index in [0.717, 1.165) is 13.0 Å². The lowest BCUT2D eigenvalue weighted by molar-refractivity contribution is 0.227. The molecule has 0 radical (unpaired) electrons. The average Bonchev–Trinajstić information content (AvgIpc) is 1.90. The van der Waals surface area contributed by atoms with Gasteiger partial charge in [0.25, 0.3) is 0 Å². The predicted octanol–water partition coefficient (Wildman–Crippen LogP) is 1.72. The summed E-state index contributed by atoms with van der Waals surface area (Å²) in [5.74, 6) is 0. The molecule has 0 saturated heterocycles. The molecule has 0 saturated carbocycles. The molecule has 0 aromatic heterocycles. The lowest BCUT2D eigenvalue weighted by Crippen LogP contribution is -2.26. The second kappa shape index (κ2) is 4.36. The van der Waals surface area contributed by atoms with E-state index in [1.165, 1.54) is 0 Å². The number of hydrazone groups is 1. The van der Waals surface area contributed by atoms with Crippen LogP contribution in [0.15, 0.2) is 5.10 Å². The van der Waals surface area contributed by atoms with Crippen molar-refractivity contribution in [3.05, 3.63) is 0 Å². The van der Waals surface area contributed by atoms with Gasteiger partial charge in [-0.1, -0.05) is 6.92 Å². The predicted molar refractivity (Wildman–Crippen MR) is 41.7 cm³/mol. The van der Waals surface area contributed by atoms with Gasteiger partial charge in [-0.05, 0) is 20.3 Å². The van der Waals surface area contributed by atoms with E-state index in [1.807, 2.05) is 5.01 Å². The summed E-state index contributed by atoms with van der Waals surface area (Å²) < 4.78 is 0. The minimum atomic E-state index is 0.535. The molecule has 0 aliphatic carbocycles. The Morgan fingerprint density at radius 2 is 2.11 bits per heavy atom. The fraction of sp³-hybridized carbons (Fsp3) is 0.857. The van der Waals surface area contributed by atoms with Crippen LogP contribution < -0.4 is 0 Å². The van der Waals surface area contributed by atoms with Gasteiger partial charge in [-0.25, -0.2) is 0 Å². The van der Waals surface area contributed by atoms with Crippen molar-refractivity contribution in [2.45, 2.75) is 33.2 Å². The second-order valence-electron chi connectivity index (χ2n) is 2.15. The van der Waals surface area contributed by atoms with Gasteiger partial charge in [-0.15, -0.1) is 0 Å². The fourth-order valence-electron chi connectivity index (χ4n) is 0.762. The van der Waals surface area contributed by atoms with Crippen LogP contribution in [0.2, 0.25) is 0 Å². The molecule has 1 unspecified atom stereocenters. The molecule has 2 nitrogen and oxygen atoms in total. The third kappa shape index (κ3) is 2.49. The molecule has 9 heavy (non-hydrogen) atoms. The summed E-state index contributed by atoms with van der Waals surface area (Å²) in [6.07, 6.45) is 1.13. The van der Waals surface area contributed by atoms with E-state index in [0.29, 0.717) is 6.04 Å². The summed E-state index contributed by atoms with van der Waals surface area (Å²) >= 11 is 0. The summed E-state index contributed by atoms with van der Waals surface area (Å²) in [4.78, 5) is 0. The van der Waals surface area contributed by atoms with Gasteiger partial charge in [0.2, 0.25) is 0 Å². The van der Waals surface area contributed by atoms with Crippen LogP contribution in [0, 0.1) is 0 Å². The highest BCUT2D eigenvalue weighted by molar-refractivity contribution is 5.22. The molecule has 0 aliphatic rings. The molecule has 0 rings (SSSR count). The molecule has 0 aliphatic heterocycles. The molecule has 54 valence electrons. The molecule has 0 heterocycles. The summed E-state index contributed by atoms with van der Waals surface area (Å²) in [5.41, 5.74) is 0. The Morgan fingerprint density at radius 1 is 1.56 bits per heavy atom. The first-order valence-electron chi connectivity index (χ1n) is 3.49. The number of hydrogen-bond acceptors (Lipinski definition) is 2. The van der Waals surface area contributed by atoms with Crippen LogP contribution in [0.3, 0.4) is 0 Å². The lowest BCUT2D eigenvalue weighted by Gasteiger charge is -2.22. The maximum atomic E-state index is 3.86. The first kappa shape index (κ1) is 8.47. The van der Waals surface area contributed by atoms with Crippen LogP contribution in [-0.2, 0) is 0 Å². The molecule has 0 amide bonds. The Morgan fingerprint density at radius 3 is 2.22 bits per heavy atom. The highest BCUT2D eigenvalue weighted by Crippen LogP contribution is 2.01. The minimum absolute atomic E-state index is 0.535. The van der Waals surface area contributed by atoms with E-state index >= 15 is 0 Å². The Kier molecular flexibility index (Phi) is 4.10. The topological polar surface area (TPSA) is 15.6 Å². The van der Waals surface area contributed by atoms with Gasteiger partial charge >= 0.3 is 0 Å². The monoisotopic (exact) mass is 128 g/mol. The van der Waals surface area contributed by atoms with Gasteiger partial charge in [0.15, 0.2) is 0 Å². The molecule has 0 fully saturated rings. The first-order valence-corrected chi connectivity index (χ1v) is 3.49. The van der Waals surface area contributed by atoms with Crippen molar-refractivity contribution in [2.75, 3.05) is 6.54 Å². The van der Waals surface area contributed by atoms with Crippen LogP contribution in [0.1, 0.15) is 27.2 Å². The number of rotatable bonds is 4. The Labute approximate surface area is 57.6 Å². The van der Waals surface area contributed by atoms with Gasteiger partial charge in [0, 0.05) is 19.3 Å². The number of nitrogens with zero attached hydrogens (tertiary/aromatic N) is 2. The summed E-state index contributed by atoms with van der Waals surface area (Å²) in [6, 6.07) is 0.535. The normalized spacial score (nSPS) is 12.8. The molecule has 0 aromatic carbocycles. The highest BCUT2D eigenvalue weighted by atomic mass is 15.5. The standard InChI is InChI=1S/C7H16N2/c1-5-7(3)9(6-2)8-4/h7H,4-6H2,1-3H3. The van der Waals surface area contributed by atoms with E-state index in [9.17, 15) is 0 Å². The first-order chi connectivity index (χ1) is 4.26. The van der Waals surface area contributed by atoms with Crippen molar-refractivity contribution < 1.29 is 0 Å². The molecule has 2 heteroatoms. The van der Waals surface area contributed by atoms with Crippen molar-refractivity contribution in [1.29, 1.82) is 0 Å². The van der Waals surface area contributed by atoms with Crippen molar-refractivity contribution in [1.82, 2.24) is 5.01 Å². The SMILES string of the molecule is C=NN(CC)C(C)CC. The molecule has 1 atom stereocenters. The molecular formula is C7H16N2. The van der Waals surface area contributed by atoms with Crippen molar-refractivity contribution >= 4 is 6.72 Å². The largest absolute Gasteiger partial charge is 0.295 e. The maximum Gasteiger partial charge on any atom is 0.0439 e. The third-order valence-electron chi connectivity index (χ3n) is 1.61. The maximum absolute atomic E-state index is 3.86. The quantitative estimate of drug-likeness (QED) is 0.416. The molecule has 0 spiro atoms. The van der Waals surface area contributed by atoms with Crippen LogP contribution in [0.4, 0.5) is 0 Å². The zero-order chi connectivity index (χ0) is 7.28. The Bertz CT molecular complexity index is 81.0. The van der Waals surface area contributed by atoms with Gasteiger partial charge in [0.1, 0.15) is 0 Å². The van der Waals surface area contributed by atoms with E-state index in [4.69, 9.17) is 0 Å². The smallest absolute Gasteiger partial charge is 0.0439 e. The second-order valence-corrected chi connectivity index (χ2v) is 2.15. The van der Waals surface area contributed by atoms with Gasteiger partial charge in [-0.3, -0.25) is 5.01 Å². The minimum Gasteiger partial charge on any atom is -0.295 e. The lowest BCUT2D eigenvalue weighted by atomic mass is 10.2. The van der Waals surface area contributed by atoms with Crippen molar-refractivity contribution in [3.63, 3.8) is 0 Å². The van der Waals surface area contributed by atoms with Gasteiger partial charge < -0.3 is 0 Å². The fourth-order valence-corrected chi connectivity index (χ4v) is 0.762. The summed E-state index contributed by atoms with van der Waals surface area (Å²) in [6.45, 7) is 10.8. The van der Waals surface area contributed by atoms with Crippen LogP contribution in [0.25, 0.3) is 0 Å². The van der Waals surface area contributed by atoms with E-state index < -0.39 is 0 Å². The third-order valence-corrected chi connectivity index (χ3v) is 1.61. The van der Waals surface area contributed by atoms with Crippen molar-refractivity contribution in [2.24, 2.45) is 5.10 Å². The van der Waals surface area contributed by atoms with Crippen LogP contribution in [0.5, 0.6) is 0 Å². The zero-order valence-corrected chi connectivity index (χ0v) is 6.59. The van der Waals surface area contributed by atoms with Crippen LogP contribution >= 0.6 is 0 Å². The van der Waals surface area contributed by atoms with Crippen molar-refractivity contribution in [3.8, 4) is 0 Å². The Hall–Kier alpha value is -0.530. The zero-order valence-electron chi connectivity index (χ0n) is 6.59. The number of hydrogen-bond donors (Lipinski definition) is 0. The van der Waals surface area contributed by atoms with E-state index in [2.05, 4.69) is 32.6 Å². The van der Waals surface area contributed by atoms with E-state index in [-0.39, 0.29) is 0 Å². The summed E-state index contributed by atoms with van der Waals surface area (Å²) in [7, 11) is 0. The van der Waals surface area contributed by atoms with Gasteiger partial charge in [0.05, 0.1) is 0 Å². The molecule has 0 bridgehead atoms. The van der Waals surface area contributed by atoms with Crippen LogP contribution in [-0.4, -0.2) is 24.3 Å². The molecular weight excluding hydrogens is 112 g/mol. The highest BCUT2D eigenvalue weighted by Gasteiger charge is 2.03. The molecule has 0 N–H and O–H groups in total.